The number of nitrogens with zero attached hydrogens (tertiary/aromatic N) is 1. The van der Waals surface area contributed by atoms with Crippen LogP contribution < -0.4 is 4.74 Å². The lowest BCUT2D eigenvalue weighted by molar-refractivity contribution is -0.218. The van der Waals surface area contributed by atoms with E-state index in [0.717, 1.165) is 63.5 Å². The van der Waals surface area contributed by atoms with Gasteiger partial charge < -0.3 is 33.5 Å². The number of likely N-dealkylation sites (tertiary alicyclic amines) is 1. The maximum atomic E-state index is 12.7. The van der Waals surface area contributed by atoms with E-state index in [1.165, 1.54) is 36.0 Å². The van der Waals surface area contributed by atoms with Gasteiger partial charge in [0, 0.05) is 24.8 Å². The number of hydrogen-bond donors (Lipinski definition) is 1. The summed E-state index contributed by atoms with van der Waals surface area (Å²) in [5.41, 5.74) is 2.68. The first-order valence-corrected chi connectivity index (χ1v) is 16.3. The van der Waals surface area contributed by atoms with Crippen molar-refractivity contribution >= 4 is 0 Å². The molecule has 1 saturated heterocycles. The third-order valence-electron chi connectivity index (χ3n) is 10.5. The number of ether oxygens (including phenoxy) is 6. The molecule has 5 atom stereocenters. The number of aliphatic hydroxyl groups is 1. The van der Waals surface area contributed by atoms with Crippen LogP contribution in [0.1, 0.15) is 68.6 Å². The second-order valence-corrected chi connectivity index (χ2v) is 12.8. The topological polar surface area (TPSA) is 78.9 Å². The van der Waals surface area contributed by atoms with Crippen molar-refractivity contribution in [3.8, 4) is 5.75 Å². The molecule has 1 aromatic rings. The van der Waals surface area contributed by atoms with Crippen LogP contribution >= 0.6 is 0 Å². The number of hydrogen-bond acceptors (Lipinski definition) is 8. The smallest absolute Gasteiger partial charge is 0.137 e. The van der Waals surface area contributed by atoms with Gasteiger partial charge in [0.15, 0.2) is 0 Å². The lowest BCUT2D eigenvalue weighted by atomic mass is 9.48. The van der Waals surface area contributed by atoms with Crippen LogP contribution in [0.2, 0.25) is 0 Å². The molecule has 1 unspecified atom stereocenters. The maximum absolute atomic E-state index is 12.7. The van der Waals surface area contributed by atoms with E-state index in [2.05, 4.69) is 30.9 Å². The molecule has 3 aliphatic carbocycles. The van der Waals surface area contributed by atoms with E-state index in [1.54, 1.807) is 0 Å². The molecule has 3 fully saturated rings. The van der Waals surface area contributed by atoms with Crippen LogP contribution in [0.15, 0.2) is 12.1 Å². The van der Waals surface area contributed by atoms with Crippen molar-refractivity contribution in [2.45, 2.75) is 94.5 Å². The molecule has 0 aromatic heterocycles. The van der Waals surface area contributed by atoms with Gasteiger partial charge in [-0.3, -0.25) is 4.90 Å². The molecule has 6 rings (SSSR count). The van der Waals surface area contributed by atoms with E-state index in [4.69, 9.17) is 28.4 Å². The van der Waals surface area contributed by atoms with Gasteiger partial charge in [-0.05, 0) is 75.5 Å². The Bertz CT molecular complexity index is 1020. The highest BCUT2D eigenvalue weighted by Crippen LogP contribution is 2.65. The molecule has 8 nitrogen and oxygen atoms in total. The first-order valence-electron chi connectivity index (χ1n) is 16.3. The molecule has 8 heteroatoms. The zero-order chi connectivity index (χ0) is 28.3. The minimum absolute atomic E-state index is 0.0508. The van der Waals surface area contributed by atoms with Gasteiger partial charge in [0.25, 0.3) is 0 Å². The lowest BCUT2D eigenvalue weighted by Crippen LogP contribution is -2.77. The molecule has 1 N–H and O–H groups in total. The number of piperidine rings is 1. The molecule has 2 bridgehead atoms. The van der Waals surface area contributed by atoms with E-state index in [-0.39, 0.29) is 23.7 Å². The van der Waals surface area contributed by atoms with Gasteiger partial charge in [0.2, 0.25) is 0 Å². The fourth-order valence-electron chi connectivity index (χ4n) is 8.29. The monoisotopic (exact) mass is 573 g/mol. The molecule has 1 aromatic carbocycles. The van der Waals surface area contributed by atoms with Crippen molar-refractivity contribution in [2.75, 3.05) is 72.6 Å². The normalized spacial score (nSPS) is 32.0. The highest BCUT2D eigenvalue weighted by Gasteiger charge is 2.73. The van der Waals surface area contributed by atoms with Crippen molar-refractivity contribution in [2.24, 2.45) is 5.92 Å². The third kappa shape index (κ3) is 5.59. The Morgan fingerprint density at radius 2 is 1.59 bits per heavy atom. The summed E-state index contributed by atoms with van der Waals surface area (Å²) in [7, 11) is 0. The van der Waals surface area contributed by atoms with Crippen LogP contribution in [0.4, 0.5) is 0 Å². The van der Waals surface area contributed by atoms with Gasteiger partial charge in [-0.15, -0.1) is 0 Å². The minimum Gasteiger partial charge on any atom is -0.486 e. The first kappa shape index (κ1) is 29.8. The molecule has 1 spiro atoms. The summed E-state index contributed by atoms with van der Waals surface area (Å²) < 4.78 is 35.6. The molecule has 2 saturated carbocycles. The van der Waals surface area contributed by atoms with Crippen molar-refractivity contribution in [3.05, 3.63) is 28.8 Å². The lowest BCUT2D eigenvalue weighted by Gasteiger charge is -2.64. The maximum Gasteiger partial charge on any atom is 0.137 e. The Hall–Kier alpha value is -1.26. The Kier molecular flexibility index (Phi) is 9.57. The van der Waals surface area contributed by atoms with Crippen LogP contribution in [-0.2, 0) is 35.5 Å². The van der Waals surface area contributed by atoms with Crippen LogP contribution in [0.5, 0.6) is 5.75 Å². The van der Waals surface area contributed by atoms with Crippen molar-refractivity contribution in [1.29, 1.82) is 0 Å². The van der Waals surface area contributed by atoms with Gasteiger partial charge in [-0.2, -0.15) is 0 Å². The first-order chi connectivity index (χ1) is 20.1. The van der Waals surface area contributed by atoms with Crippen molar-refractivity contribution < 1.29 is 33.5 Å². The van der Waals surface area contributed by atoms with Crippen LogP contribution in [0.3, 0.4) is 0 Å². The Balaban J connectivity index is 1.00. The quantitative estimate of drug-likeness (QED) is 0.282. The van der Waals surface area contributed by atoms with Crippen molar-refractivity contribution in [3.63, 3.8) is 0 Å². The summed E-state index contributed by atoms with van der Waals surface area (Å²) in [6.07, 6.45) is 8.29. The van der Waals surface area contributed by atoms with Crippen LogP contribution in [0.25, 0.3) is 0 Å². The fraction of sp³-hybridized carbons (Fsp3) is 0.818. The Morgan fingerprint density at radius 3 is 2.24 bits per heavy atom. The predicted molar refractivity (Wildman–Crippen MR) is 156 cm³/mol. The van der Waals surface area contributed by atoms with Crippen molar-refractivity contribution in [1.82, 2.24) is 4.90 Å². The summed E-state index contributed by atoms with van der Waals surface area (Å²) in [6.45, 7) is 11.6. The second-order valence-electron chi connectivity index (χ2n) is 12.8. The fourth-order valence-corrected chi connectivity index (χ4v) is 8.29. The molecule has 2 aliphatic heterocycles. The van der Waals surface area contributed by atoms with Gasteiger partial charge in [-0.25, -0.2) is 0 Å². The summed E-state index contributed by atoms with van der Waals surface area (Å²) in [5, 5.41) is 12.7. The highest BCUT2D eigenvalue weighted by atomic mass is 16.6. The second kappa shape index (κ2) is 13.2. The van der Waals surface area contributed by atoms with E-state index in [0.29, 0.717) is 52.9 Å². The molecule has 41 heavy (non-hydrogen) atoms. The van der Waals surface area contributed by atoms with E-state index in [1.807, 2.05) is 0 Å². The van der Waals surface area contributed by atoms with Gasteiger partial charge in [-0.1, -0.05) is 25.5 Å². The molecular formula is C33H51NO7. The third-order valence-corrected chi connectivity index (χ3v) is 10.5. The largest absolute Gasteiger partial charge is 0.486 e. The SMILES string of the molecule is CCCOCCOCCOCCOCCOC1CC[C@@]2(O)[C@H]3Cc4ccc(C)c5c4[C@@]2(CCN3CC2CCC2)[C@H]1O5. The molecular weight excluding hydrogens is 522 g/mol. The highest BCUT2D eigenvalue weighted by molar-refractivity contribution is 5.60. The Morgan fingerprint density at radius 1 is 0.902 bits per heavy atom. The van der Waals surface area contributed by atoms with E-state index in [9.17, 15) is 5.11 Å². The average molecular weight is 574 g/mol. The predicted octanol–water partition coefficient (Wildman–Crippen LogP) is 3.81. The molecule has 230 valence electrons. The van der Waals surface area contributed by atoms with Gasteiger partial charge in [0.1, 0.15) is 11.9 Å². The van der Waals surface area contributed by atoms with Gasteiger partial charge in [0.05, 0.1) is 70.0 Å². The van der Waals surface area contributed by atoms with Crippen LogP contribution in [0, 0.1) is 12.8 Å². The van der Waals surface area contributed by atoms with Gasteiger partial charge >= 0.3 is 0 Å². The Labute approximate surface area is 245 Å². The number of benzene rings is 1. The van der Waals surface area contributed by atoms with Crippen LogP contribution in [-0.4, -0.2) is 106 Å². The van der Waals surface area contributed by atoms with E-state index >= 15 is 0 Å². The summed E-state index contributed by atoms with van der Waals surface area (Å²) in [4.78, 5) is 2.64. The van der Waals surface area contributed by atoms with E-state index < -0.39 is 5.60 Å². The number of aryl methyl sites for hydroxylation is 1. The molecule has 5 aliphatic rings. The average Bonchev–Trinajstić information content (AvgIpc) is 3.30. The standard InChI is InChI=1S/C33H51NO7/c1-3-13-36-14-15-37-16-17-38-18-19-39-20-21-40-27-9-10-33(35)28-22-26-8-7-24(2)30-29(26)32(33,31(27)41-30)11-12-34(28)23-25-5-4-6-25/h7-8,25,27-28,31,35H,3-6,9-23H2,1-2H3/t27?,28-,31+,32+,33-/m1/s1. The molecule has 0 radical (unpaired) electrons. The summed E-state index contributed by atoms with van der Waals surface area (Å²) in [5.74, 6) is 1.81. The minimum atomic E-state index is -0.772. The summed E-state index contributed by atoms with van der Waals surface area (Å²) >= 11 is 0. The summed E-state index contributed by atoms with van der Waals surface area (Å²) in [6, 6.07) is 4.67. The molecule has 0 amide bonds. The molecule has 2 heterocycles. The zero-order valence-electron chi connectivity index (χ0n) is 25.2. The zero-order valence-corrected chi connectivity index (χ0v) is 25.2. The number of rotatable bonds is 17.